The Morgan fingerprint density at radius 3 is 2.27 bits per heavy atom. The zero-order valence-electron chi connectivity index (χ0n) is 13.2. The van der Waals surface area contributed by atoms with Gasteiger partial charge in [0.05, 0.1) is 0 Å². The van der Waals surface area contributed by atoms with Crippen molar-refractivity contribution in [3.05, 3.63) is 24.3 Å². The first-order valence-electron chi connectivity index (χ1n) is 7.83. The third-order valence-corrected chi connectivity index (χ3v) is 4.77. The van der Waals surface area contributed by atoms with Crippen LogP contribution >= 0.6 is 11.8 Å². The van der Waals surface area contributed by atoms with Crippen LogP contribution in [0.3, 0.4) is 0 Å². The van der Waals surface area contributed by atoms with Crippen LogP contribution in [-0.4, -0.2) is 39.1 Å². The molecule has 2 heterocycles. The molecule has 0 spiro atoms. The summed E-state index contributed by atoms with van der Waals surface area (Å²) in [6.45, 7) is 2.25. The first kappa shape index (κ1) is 15.4. The van der Waals surface area contributed by atoms with Crippen LogP contribution in [0.5, 0.6) is 0 Å². The van der Waals surface area contributed by atoms with Crippen LogP contribution in [-0.2, 0) is 7.05 Å². The van der Waals surface area contributed by atoms with E-state index in [0.717, 1.165) is 35.3 Å². The Hall–Kier alpha value is -1.53. The molecule has 0 saturated carbocycles. The van der Waals surface area contributed by atoms with E-state index in [9.17, 15) is 0 Å². The van der Waals surface area contributed by atoms with Crippen LogP contribution in [0.1, 0.15) is 25.7 Å². The summed E-state index contributed by atoms with van der Waals surface area (Å²) in [5, 5.41) is 11.7. The highest BCUT2D eigenvalue weighted by Gasteiger charge is 2.11. The molecule has 1 aromatic carbocycles. The molecule has 1 saturated heterocycles. The van der Waals surface area contributed by atoms with E-state index in [0.29, 0.717) is 0 Å². The Morgan fingerprint density at radius 1 is 1.00 bits per heavy atom. The highest BCUT2D eigenvalue weighted by molar-refractivity contribution is 7.98. The Bertz CT molecular complexity index is 599. The lowest BCUT2D eigenvalue weighted by Crippen LogP contribution is -2.30. The number of hydrogen-bond donors (Lipinski definition) is 1. The van der Waals surface area contributed by atoms with Crippen molar-refractivity contribution in [3.63, 3.8) is 0 Å². The topological polar surface area (TPSA) is 46.0 Å². The van der Waals surface area contributed by atoms with Crippen LogP contribution in [0.15, 0.2) is 29.4 Å². The molecule has 1 aliphatic rings. The van der Waals surface area contributed by atoms with E-state index in [1.54, 1.807) is 11.8 Å². The van der Waals surface area contributed by atoms with Gasteiger partial charge in [-0.15, -0.1) is 10.2 Å². The van der Waals surface area contributed by atoms with Crippen LogP contribution < -0.4 is 5.43 Å². The maximum Gasteiger partial charge on any atom is 0.190 e. The molecule has 0 aliphatic carbocycles. The molecule has 6 heteroatoms. The molecule has 1 aliphatic heterocycles. The Balaban J connectivity index is 1.70. The highest BCUT2D eigenvalue weighted by Crippen LogP contribution is 2.23. The number of rotatable bonds is 4. The first-order chi connectivity index (χ1) is 10.8. The molecule has 0 amide bonds. The number of benzene rings is 1. The summed E-state index contributed by atoms with van der Waals surface area (Å²) in [7, 11) is 2.00. The van der Waals surface area contributed by atoms with Crippen molar-refractivity contribution < 1.29 is 0 Å². The summed E-state index contributed by atoms with van der Waals surface area (Å²) >= 11 is 1.61. The van der Waals surface area contributed by atoms with Crippen molar-refractivity contribution in [1.29, 1.82) is 0 Å². The molecule has 0 radical (unpaired) electrons. The quantitative estimate of drug-likeness (QED) is 0.876. The van der Waals surface area contributed by atoms with Gasteiger partial charge in [0.25, 0.3) is 0 Å². The predicted molar refractivity (Wildman–Crippen MR) is 91.9 cm³/mol. The van der Waals surface area contributed by atoms with Crippen LogP contribution in [0, 0.1) is 0 Å². The summed E-state index contributed by atoms with van der Waals surface area (Å²) in [5.74, 6) is 0.908. The average molecular weight is 317 g/mol. The molecule has 0 bridgehead atoms. The first-order valence-corrected chi connectivity index (χ1v) is 9.06. The molecule has 0 unspecified atom stereocenters. The Kier molecular flexibility index (Phi) is 5.00. The third-order valence-electron chi connectivity index (χ3n) is 4.05. The number of anilines is 1. The fraction of sp³-hybridized carbons (Fsp3) is 0.500. The lowest BCUT2D eigenvalue weighted by atomic mass is 10.2. The van der Waals surface area contributed by atoms with Crippen molar-refractivity contribution in [2.75, 3.05) is 24.8 Å². The second-order valence-electron chi connectivity index (χ2n) is 5.66. The average Bonchev–Trinajstić information content (AvgIpc) is 2.74. The van der Waals surface area contributed by atoms with Gasteiger partial charge in [0.15, 0.2) is 11.0 Å². The lowest BCUT2D eigenvalue weighted by Gasteiger charge is -2.22. The van der Waals surface area contributed by atoms with Gasteiger partial charge in [-0.25, -0.2) is 5.01 Å². The molecule has 2 aromatic rings. The summed E-state index contributed by atoms with van der Waals surface area (Å²) in [4.78, 5) is 0. The van der Waals surface area contributed by atoms with Crippen molar-refractivity contribution >= 4 is 17.4 Å². The van der Waals surface area contributed by atoms with Gasteiger partial charge in [0, 0.05) is 31.4 Å². The van der Waals surface area contributed by atoms with E-state index < -0.39 is 0 Å². The summed E-state index contributed by atoms with van der Waals surface area (Å²) in [6.07, 6.45) is 7.27. The normalized spacial score (nSPS) is 16.5. The number of aromatic nitrogens is 3. The number of hydrogen-bond acceptors (Lipinski definition) is 5. The summed E-state index contributed by atoms with van der Waals surface area (Å²) in [5.41, 5.74) is 5.75. The minimum Gasteiger partial charge on any atom is -0.319 e. The van der Waals surface area contributed by atoms with Gasteiger partial charge in [-0.05, 0) is 43.4 Å². The van der Waals surface area contributed by atoms with Crippen LogP contribution in [0.4, 0.5) is 5.69 Å². The molecule has 3 rings (SSSR count). The van der Waals surface area contributed by atoms with Crippen molar-refractivity contribution in [2.24, 2.45) is 7.05 Å². The van der Waals surface area contributed by atoms with E-state index in [-0.39, 0.29) is 0 Å². The fourth-order valence-electron chi connectivity index (χ4n) is 2.80. The van der Waals surface area contributed by atoms with Gasteiger partial charge in [-0.3, -0.25) is 0 Å². The zero-order valence-corrected chi connectivity index (χ0v) is 14.1. The number of nitrogens with one attached hydrogen (secondary N) is 1. The maximum atomic E-state index is 4.28. The number of thioether (sulfide) groups is 1. The SMILES string of the molecule is CSc1nnc(-c2ccc(NN3CCCCCC3)cc2)n1C. The minimum absolute atomic E-state index is 0.908. The van der Waals surface area contributed by atoms with Crippen molar-refractivity contribution in [1.82, 2.24) is 19.8 Å². The molecule has 118 valence electrons. The molecule has 22 heavy (non-hydrogen) atoms. The van der Waals surface area contributed by atoms with Gasteiger partial charge in [0.2, 0.25) is 0 Å². The van der Waals surface area contributed by atoms with Gasteiger partial charge in [-0.2, -0.15) is 0 Å². The van der Waals surface area contributed by atoms with Crippen LogP contribution in [0.2, 0.25) is 0 Å². The molecule has 5 nitrogen and oxygen atoms in total. The number of hydrazine groups is 1. The third kappa shape index (κ3) is 3.44. The van der Waals surface area contributed by atoms with E-state index >= 15 is 0 Å². The van der Waals surface area contributed by atoms with E-state index in [1.165, 1.54) is 25.7 Å². The standard InChI is InChI=1S/C16H23N5S/c1-20-15(17-18-16(20)22-2)13-7-9-14(10-8-13)19-21-11-5-3-4-6-12-21/h7-10,19H,3-6,11-12H2,1-2H3. The lowest BCUT2D eigenvalue weighted by molar-refractivity contribution is 0.344. The smallest absolute Gasteiger partial charge is 0.190 e. The molecule has 0 atom stereocenters. The fourth-order valence-corrected chi connectivity index (χ4v) is 3.29. The van der Waals surface area contributed by atoms with Gasteiger partial charge < -0.3 is 9.99 Å². The molecular formula is C16H23N5S. The second kappa shape index (κ2) is 7.15. The summed E-state index contributed by atoms with van der Waals surface area (Å²) < 4.78 is 2.03. The molecule has 1 N–H and O–H groups in total. The monoisotopic (exact) mass is 317 g/mol. The van der Waals surface area contributed by atoms with E-state index in [1.807, 2.05) is 17.9 Å². The number of nitrogens with zero attached hydrogens (tertiary/aromatic N) is 4. The highest BCUT2D eigenvalue weighted by atomic mass is 32.2. The van der Waals surface area contributed by atoms with Gasteiger partial charge >= 0.3 is 0 Å². The van der Waals surface area contributed by atoms with Gasteiger partial charge in [-0.1, -0.05) is 24.6 Å². The van der Waals surface area contributed by atoms with Crippen molar-refractivity contribution in [3.8, 4) is 11.4 Å². The Morgan fingerprint density at radius 2 is 1.68 bits per heavy atom. The predicted octanol–water partition coefficient (Wildman–Crippen LogP) is 3.41. The molecular weight excluding hydrogens is 294 g/mol. The molecule has 1 aromatic heterocycles. The summed E-state index contributed by atoms with van der Waals surface area (Å²) in [6, 6.07) is 8.45. The van der Waals surface area contributed by atoms with E-state index in [2.05, 4.69) is 44.9 Å². The van der Waals surface area contributed by atoms with Gasteiger partial charge in [0.1, 0.15) is 0 Å². The molecule has 1 fully saturated rings. The second-order valence-corrected chi connectivity index (χ2v) is 6.43. The Labute approximate surface area is 136 Å². The van der Waals surface area contributed by atoms with Crippen LogP contribution in [0.25, 0.3) is 11.4 Å². The minimum atomic E-state index is 0.908. The maximum absolute atomic E-state index is 4.28. The largest absolute Gasteiger partial charge is 0.319 e. The van der Waals surface area contributed by atoms with Crippen molar-refractivity contribution in [2.45, 2.75) is 30.8 Å². The zero-order chi connectivity index (χ0) is 15.4. The van der Waals surface area contributed by atoms with E-state index in [4.69, 9.17) is 0 Å².